The molecule has 8 heteroatoms. The Hall–Kier alpha value is -5.18. The predicted molar refractivity (Wildman–Crippen MR) is 212 cm³/mol. The summed E-state index contributed by atoms with van der Waals surface area (Å²) in [7, 11) is 4.09. The maximum Gasteiger partial charge on any atom is 0.192 e. The average molecular weight is 693 g/mol. The number of nitrogens with zero attached hydrogens (tertiary/aromatic N) is 6. The normalized spacial score (nSPS) is 16.9. The quantitative estimate of drug-likeness (QED) is 0.151. The smallest absolute Gasteiger partial charge is 0.192 e. The fourth-order valence-electron chi connectivity index (χ4n) is 6.64. The Labute approximate surface area is 306 Å². The molecule has 2 atom stereocenters. The monoisotopic (exact) mass is 692 g/mol. The van der Waals surface area contributed by atoms with Crippen molar-refractivity contribution in [2.75, 3.05) is 14.1 Å². The number of rotatable bonds is 8. The van der Waals surface area contributed by atoms with Crippen molar-refractivity contribution in [3.05, 3.63) is 179 Å². The van der Waals surface area contributed by atoms with Crippen LogP contribution in [0.1, 0.15) is 58.3 Å². The molecule has 250 valence electrons. The van der Waals surface area contributed by atoms with Gasteiger partial charge in [0, 0.05) is 40.0 Å². The Balaban J connectivity index is 1.15. The van der Waals surface area contributed by atoms with Crippen LogP contribution < -0.4 is 0 Å². The van der Waals surface area contributed by atoms with Crippen LogP contribution in [0.3, 0.4) is 0 Å². The zero-order chi connectivity index (χ0) is 34.5. The molecule has 0 fully saturated rings. The molecule has 0 saturated carbocycles. The summed E-state index contributed by atoms with van der Waals surface area (Å²) in [4.78, 5) is 4.21. The Bertz CT molecular complexity index is 1840. The van der Waals surface area contributed by atoms with Gasteiger partial charge in [-0.15, -0.1) is 0 Å². The molecule has 0 bridgehead atoms. The van der Waals surface area contributed by atoms with E-state index in [2.05, 4.69) is 131 Å². The maximum absolute atomic E-state index is 6.11. The molecule has 0 spiro atoms. The van der Waals surface area contributed by atoms with Gasteiger partial charge in [-0.05, 0) is 57.8 Å². The van der Waals surface area contributed by atoms with Crippen LogP contribution in [0, 0.1) is 0 Å². The molecule has 0 amide bonds. The van der Waals surface area contributed by atoms with Gasteiger partial charge in [-0.25, -0.2) is 10.0 Å². The van der Waals surface area contributed by atoms with Crippen LogP contribution in [0.2, 0.25) is 0 Å². The summed E-state index contributed by atoms with van der Waals surface area (Å²) in [6.07, 6.45) is 1.52. The van der Waals surface area contributed by atoms with Crippen molar-refractivity contribution in [1.29, 1.82) is 0 Å². The lowest BCUT2D eigenvalue weighted by atomic mass is 9.94. The highest BCUT2D eigenvalue weighted by Crippen LogP contribution is 2.37. The molecule has 0 aliphatic carbocycles. The average Bonchev–Trinajstić information content (AvgIpc) is 3.82. The summed E-state index contributed by atoms with van der Waals surface area (Å²) < 4.78 is 0. The highest BCUT2D eigenvalue weighted by Gasteiger charge is 2.35. The van der Waals surface area contributed by atoms with Gasteiger partial charge in [0.1, 0.15) is 0 Å². The maximum atomic E-state index is 6.11. The molecule has 50 heavy (non-hydrogen) atoms. The van der Waals surface area contributed by atoms with Crippen molar-refractivity contribution in [3.8, 4) is 0 Å². The van der Waals surface area contributed by atoms with Gasteiger partial charge in [0.05, 0.1) is 23.5 Å². The summed E-state index contributed by atoms with van der Waals surface area (Å²) >= 11 is 12.2. The van der Waals surface area contributed by atoms with Gasteiger partial charge in [0.2, 0.25) is 0 Å². The SMILES string of the molecule is CN(Cc1ccccc1)C(=S)N1N=C(c2ccccc2)CC1c1ccc(C2CC(c3ccccc3)=NN2C(=S)N(C)Cc2ccccc2)cc1. The first-order valence-electron chi connectivity index (χ1n) is 17.0. The van der Waals surface area contributed by atoms with Crippen molar-refractivity contribution >= 4 is 46.1 Å². The Morgan fingerprint density at radius 2 is 0.840 bits per heavy atom. The van der Waals surface area contributed by atoms with Crippen molar-refractivity contribution in [3.63, 3.8) is 0 Å². The highest BCUT2D eigenvalue weighted by atomic mass is 32.1. The summed E-state index contributed by atoms with van der Waals surface area (Å²) in [5, 5.41) is 15.7. The van der Waals surface area contributed by atoms with Crippen LogP contribution in [-0.2, 0) is 13.1 Å². The fourth-order valence-corrected chi connectivity index (χ4v) is 7.11. The Morgan fingerprint density at radius 1 is 0.520 bits per heavy atom. The first kappa shape index (κ1) is 33.3. The molecule has 7 rings (SSSR count). The van der Waals surface area contributed by atoms with E-state index in [1.807, 2.05) is 48.4 Å². The minimum absolute atomic E-state index is 0.0288. The lowest BCUT2D eigenvalue weighted by Gasteiger charge is -2.31. The first-order valence-corrected chi connectivity index (χ1v) is 17.8. The second-order valence-corrected chi connectivity index (χ2v) is 13.6. The van der Waals surface area contributed by atoms with Crippen LogP contribution in [-0.4, -0.2) is 55.6 Å². The van der Waals surface area contributed by atoms with Crippen LogP contribution in [0.5, 0.6) is 0 Å². The van der Waals surface area contributed by atoms with E-state index in [1.54, 1.807) is 0 Å². The topological polar surface area (TPSA) is 37.7 Å². The zero-order valence-electron chi connectivity index (χ0n) is 28.3. The molecule has 6 nitrogen and oxygen atoms in total. The predicted octanol–water partition coefficient (Wildman–Crippen LogP) is 8.82. The van der Waals surface area contributed by atoms with E-state index in [4.69, 9.17) is 34.6 Å². The van der Waals surface area contributed by atoms with Crippen molar-refractivity contribution in [2.24, 2.45) is 10.2 Å². The highest BCUT2D eigenvalue weighted by molar-refractivity contribution is 7.80. The van der Waals surface area contributed by atoms with Crippen molar-refractivity contribution in [1.82, 2.24) is 19.8 Å². The Kier molecular flexibility index (Phi) is 10.1. The second-order valence-electron chi connectivity index (χ2n) is 12.9. The molecule has 0 N–H and O–H groups in total. The molecule has 2 unspecified atom stereocenters. The van der Waals surface area contributed by atoms with Gasteiger partial charge in [0.25, 0.3) is 0 Å². The fraction of sp³-hybridized carbons (Fsp3) is 0.190. The molecular formula is C42H40N6S2. The number of benzene rings is 5. The number of hydrazone groups is 2. The van der Waals surface area contributed by atoms with E-state index in [1.165, 1.54) is 11.1 Å². The van der Waals surface area contributed by atoms with E-state index in [9.17, 15) is 0 Å². The molecular weight excluding hydrogens is 653 g/mol. The third-order valence-electron chi connectivity index (χ3n) is 9.31. The minimum Gasteiger partial charge on any atom is -0.346 e. The van der Waals surface area contributed by atoms with Crippen LogP contribution in [0.15, 0.2) is 156 Å². The molecule has 5 aromatic carbocycles. The molecule has 0 aromatic heterocycles. The number of hydrogen-bond donors (Lipinski definition) is 0. The Morgan fingerprint density at radius 3 is 1.18 bits per heavy atom. The first-order chi connectivity index (χ1) is 24.4. The lowest BCUT2D eigenvalue weighted by Crippen LogP contribution is -2.38. The molecule has 2 aliphatic rings. The molecule has 2 heterocycles. The van der Waals surface area contributed by atoms with E-state index >= 15 is 0 Å². The van der Waals surface area contributed by atoms with Gasteiger partial charge in [-0.3, -0.25) is 0 Å². The van der Waals surface area contributed by atoms with E-state index in [0.29, 0.717) is 23.3 Å². The zero-order valence-corrected chi connectivity index (χ0v) is 30.0. The summed E-state index contributed by atoms with van der Waals surface area (Å²) in [5.74, 6) is 0. The van der Waals surface area contributed by atoms with Crippen LogP contribution in [0.25, 0.3) is 0 Å². The summed E-state index contributed by atoms with van der Waals surface area (Å²) in [6, 6.07) is 50.5. The largest absolute Gasteiger partial charge is 0.346 e. The van der Waals surface area contributed by atoms with Gasteiger partial charge < -0.3 is 9.80 Å². The van der Waals surface area contributed by atoms with Crippen molar-refractivity contribution < 1.29 is 0 Å². The standard InChI is InChI=1S/C42H40N6S2/c1-45(29-31-15-7-3-8-16-31)41(49)47-39(27-37(43-47)33-19-11-5-12-20-33)35-23-25-36(26-24-35)40-28-38(34-21-13-6-14-22-34)44-48(40)42(50)46(2)30-32-17-9-4-10-18-32/h3-26,39-40H,27-30H2,1-2H3. The van der Waals surface area contributed by atoms with Crippen LogP contribution in [0.4, 0.5) is 0 Å². The third kappa shape index (κ3) is 7.37. The van der Waals surface area contributed by atoms with E-state index < -0.39 is 0 Å². The van der Waals surface area contributed by atoms with Crippen LogP contribution >= 0.6 is 24.4 Å². The summed E-state index contributed by atoms with van der Waals surface area (Å²) in [5.41, 5.74) is 9.03. The van der Waals surface area contributed by atoms with Gasteiger partial charge in [-0.2, -0.15) is 10.2 Å². The van der Waals surface area contributed by atoms with Gasteiger partial charge in [-0.1, -0.05) is 146 Å². The number of hydrogen-bond acceptors (Lipinski definition) is 4. The molecule has 0 radical (unpaired) electrons. The molecule has 2 aliphatic heterocycles. The van der Waals surface area contributed by atoms with Gasteiger partial charge >= 0.3 is 0 Å². The lowest BCUT2D eigenvalue weighted by molar-refractivity contribution is 0.315. The summed E-state index contributed by atoms with van der Waals surface area (Å²) in [6.45, 7) is 1.41. The minimum atomic E-state index is -0.0288. The van der Waals surface area contributed by atoms with E-state index in [-0.39, 0.29) is 12.1 Å². The third-order valence-corrected chi connectivity index (χ3v) is 10.3. The van der Waals surface area contributed by atoms with E-state index in [0.717, 1.165) is 46.5 Å². The molecule has 0 saturated heterocycles. The number of thiocarbonyl (C=S) groups is 2. The molecule has 5 aromatic rings. The van der Waals surface area contributed by atoms with Crippen molar-refractivity contribution in [2.45, 2.75) is 38.0 Å². The van der Waals surface area contributed by atoms with Gasteiger partial charge in [0.15, 0.2) is 10.2 Å². The second kappa shape index (κ2) is 15.2.